The van der Waals surface area contributed by atoms with Gasteiger partial charge in [-0.25, -0.2) is 0 Å². The quantitative estimate of drug-likeness (QED) is 0.657. The molecule has 1 aromatic heterocycles. The molecule has 112 valence electrons. The van der Waals surface area contributed by atoms with Crippen LogP contribution in [-0.2, 0) is 10.5 Å². The standard InChI is InChI=1S/C18H17NO2S/c20-17(21)10-11-22-12-15-14-8-4-5-9-16(14)19-18(15)13-6-2-1-3-7-13/h1-9,19H,10-12H2,(H,20,21). The summed E-state index contributed by atoms with van der Waals surface area (Å²) in [7, 11) is 0. The number of carboxylic acid groups (broad SMARTS) is 1. The van der Waals surface area contributed by atoms with Gasteiger partial charge in [-0.3, -0.25) is 4.79 Å². The SMILES string of the molecule is O=C(O)CCSCc1c(-c2ccccc2)[nH]c2ccccc12. The number of carbonyl (C=O) groups is 1. The topological polar surface area (TPSA) is 53.1 Å². The van der Waals surface area contributed by atoms with Crippen LogP contribution in [0.1, 0.15) is 12.0 Å². The zero-order chi connectivity index (χ0) is 15.4. The first kappa shape index (κ1) is 14.7. The van der Waals surface area contributed by atoms with Crippen molar-refractivity contribution < 1.29 is 9.90 Å². The lowest BCUT2D eigenvalue weighted by atomic mass is 10.1. The second-order valence-corrected chi connectivity index (χ2v) is 6.19. The largest absolute Gasteiger partial charge is 0.481 e. The van der Waals surface area contributed by atoms with E-state index in [4.69, 9.17) is 5.11 Å². The van der Waals surface area contributed by atoms with Crippen LogP contribution in [0.2, 0.25) is 0 Å². The minimum atomic E-state index is -0.741. The van der Waals surface area contributed by atoms with Crippen molar-refractivity contribution in [2.75, 3.05) is 5.75 Å². The van der Waals surface area contributed by atoms with Crippen LogP contribution in [0, 0.1) is 0 Å². The number of hydrogen-bond acceptors (Lipinski definition) is 2. The maximum absolute atomic E-state index is 10.6. The molecule has 0 aliphatic carbocycles. The zero-order valence-corrected chi connectivity index (χ0v) is 12.9. The van der Waals surface area contributed by atoms with E-state index in [9.17, 15) is 4.79 Å². The molecule has 0 aliphatic heterocycles. The summed E-state index contributed by atoms with van der Waals surface area (Å²) in [5.74, 6) is 0.694. The van der Waals surface area contributed by atoms with Crippen molar-refractivity contribution in [3.8, 4) is 11.3 Å². The molecule has 2 aromatic carbocycles. The van der Waals surface area contributed by atoms with E-state index in [0.29, 0.717) is 5.75 Å². The number of carboxylic acids is 1. The monoisotopic (exact) mass is 311 g/mol. The van der Waals surface area contributed by atoms with E-state index in [-0.39, 0.29) is 6.42 Å². The van der Waals surface area contributed by atoms with Crippen molar-refractivity contribution in [3.63, 3.8) is 0 Å². The van der Waals surface area contributed by atoms with Crippen LogP contribution in [0.5, 0.6) is 0 Å². The second kappa shape index (κ2) is 6.71. The number of benzene rings is 2. The average Bonchev–Trinajstić information content (AvgIpc) is 2.91. The molecule has 0 amide bonds. The number of nitrogens with one attached hydrogen (secondary N) is 1. The summed E-state index contributed by atoms with van der Waals surface area (Å²) in [5.41, 5.74) is 4.66. The molecule has 22 heavy (non-hydrogen) atoms. The molecule has 0 atom stereocenters. The third-order valence-corrected chi connectivity index (χ3v) is 4.57. The number of fused-ring (bicyclic) bond motifs is 1. The smallest absolute Gasteiger partial charge is 0.304 e. The Bertz CT molecular complexity index is 780. The molecule has 3 aromatic rings. The number of H-pyrrole nitrogens is 1. The first-order valence-electron chi connectivity index (χ1n) is 7.20. The Morgan fingerprint density at radius 2 is 1.77 bits per heavy atom. The highest BCUT2D eigenvalue weighted by Crippen LogP contribution is 2.33. The van der Waals surface area contributed by atoms with E-state index in [0.717, 1.165) is 22.5 Å². The number of hydrogen-bond donors (Lipinski definition) is 2. The number of para-hydroxylation sites is 1. The number of aromatic nitrogens is 1. The van der Waals surface area contributed by atoms with E-state index < -0.39 is 5.97 Å². The highest BCUT2D eigenvalue weighted by molar-refractivity contribution is 7.98. The minimum absolute atomic E-state index is 0.202. The molecule has 2 N–H and O–H groups in total. The predicted octanol–water partition coefficient (Wildman–Crippen LogP) is 4.54. The molecule has 0 unspecified atom stereocenters. The summed E-state index contributed by atoms with van der Waals surface area (Å²) in [6.07, 6.45) is 0.202. The fourth-order valence-corrected chi connectivity index (χ4v) is 3.50. The van der Waals surface area contributed by atoms with E-state index in [1.807, 2.05) is 30.3 Å². The third kappa shape index (κ3) is 3.17. The number of aromatic amines is 1. The molecule has 0 spiro atoms. The molecule has 3 nitrogen and oxygen atoms in total. The lowest BCUT2D eigenvalue weighted by Gasteiger charge is -2.05. The van der Waals surface area contributed by atoms with Crippen molar-refractivity contribution >= 4 is 28.6 Å². The normalized spacial score (nSPS) is 10.9. The summed E-state index contributed by atoms with van der Waals surface area (Å²) in [6.45, 7) is 0. The van der Waals surface area contributed by atoms with Gasteiger partial charge in [0.2, 0.25) is 0 Å². The van der Waals surface area contributed by atoms with Crippen LogP contribution in [0.25, 0.3) is 22.2 Å². The number of thioether (sulfide) groups is 1. The molecule has 0 radical (unpaired) electrons. The fourth-order valence-electron chi connectivity index (χ4n) is 2.53. The average molecular weight is 311 g/mol. The van der Waals surface area contributed by atoms with E-state index in [1.54, 1.807) is 11.8 Å². The fraction of sp³-hybridized carbons (Fsp3) is 0.167. The summed E-state index contributed by atoms with van der Waals surface area (Å²) in [4.78, 5) is 14.1. The summed E-state index contributed by atoms with van der Waals surface area (Å²) in [6, 6.07) is 18.5. The van der Waals surface area contributed by atoms with Crippen LogP contribution in [0.3, 0.4) is 0 Å². The highest BCUT2D eigenvalue weighted by Gasteiger charge is 2.12. The van der Waals surface area contributed by atoms with Gasteiger partial charge in [0.1, 0.15) is 0 Å². The lowest BCUT2D eigenvalue weighted by molar-refractivity contribution is -0.136. The maximum atomic E-state index is 10.6. The van der Waals surface area contributed by atoms with Gasteiger partial charge in [-0.2, -0.15) is 11.8 Å². The highest BCUT2D eigenvalue weighted by atomic mass is 32.2. The van der Waals surface area contributed by atoms with Crippen molar-refractivity contribution in [1.29, 1.82) is 0 Å². The van der Waals surface area contributed by atoms with Gasteiger partial charge in [-0.05, 0) is 17.2 Å². The molecule has 0 saturated heterocycles. The molecule has 0 saturated carbocycles. The van der Waals surface area contributed by atoms with Gasteiger partial charge in [-0.1, -0.05) is 48.5 Å². The summed E-state index contributed by atoms with van der Waals surface area (Å²) in [5, 5.41) is 9.97. The van der Waals surface area contributed by atoms with Gasteiger partial charge >= 0.3 is 5.97 Å². The Morgan fingerprint density at radius 3 is 2.55 bits per heavy atom. The summed E-state index contributed by atoms with van der Waals surface area (Å²) >= 11 is 1.66. The predicted molar refractivity (Wildman–Crippen MR) is 92.1 cm³/mol. The van der Waals surface area contributed by atoms with Crippen LogP contribution in [0.4, 0.5) is 0 Å². The molecule has 1 heterocycles. The van der Waals surface area contributed by atoms with Crippen LogP contribution in [-0.4, -0.2) is 21.8 Å². The van der Waals surface area contributed by atoms with E-state index in [1.165, 1.54) is 10.9 Å². The van der Waals surface area contributed by atoms with Gasteiger partial charge in [0.25, 0.3) is 0 Å². The van der Waals surface area contributed by atoms with Crippen LogP contribution < -0.4 is 0 Å². The van der Waals surface area contributed by atoms with Crippen molar-refractivity contribution in [1.82, 2.24) is 4.98 Å². The lowest BCUT2D eigenvalue weighted by Crippen LogP contribution is -1.96. The second-order valence-electron chi connectivity index (χ2n) is 5.09. The number of aliphatic carboxylic acids is 1. The van der Waals surface area contributed by atoms with Crippen molar-refractivity contribution in [2.24, 2.45) is 0 Å². The van der Waals surface area contributed by atoms with Gasteiger partial charge in [0.15, 0.2) is 0 Å². The van der Waals surface area contributed by atoms with Gasteiger partial charge in [0.05, 0.1) is 12.1 Å². The van der Waals surface area contributed by atoms with Crippen molar-refractivity contribution in [3.05, 3.63) is 60.2 Å². The number of rotatable bonds is 6. The Kier molecular flexibility index (Phi) is 4.49. The molecular formula is C18H17NO2S. The maximum Gasteiger partial charge on any atom is 0.304 e. The third-order valence-electron chi connectivity index (χ3n) is 3.58. The van der Waals surface area contributed by atoms with Crippen LogP contribution in [0.15, 0.2) is 54.6 Å². The Hall–Kier alpha value is -2.20. The van der Waals surface area contributed by atoms with Crippen molar-refractivity contribution in [2.45, 2.75) is 12.2 Å². The molecule has 0 fully saturated rings. The Morgan fingerprint density at radius 1 is 1.05 bits per heavy atom. The molecule has 3 rings (SSSR count). The molecule has 0 aliphatic rings. The van der Waals surface area contributed by atoms with E-state index >= 15 is 0 Å². The van der Waals surface area contributed by atoms with Gasteiger partial charge in [-0.15, -0.1) is 0 Å². The summed E-state index contributed by atoms with van der Waals surface area (Å²) < 4.78 is 0. The Balaban J connectivity index is 1.93. The molecule has 0 bridgehead atoms. The minimum Gasteiger partial charge on any atom is -0.481 e. The molecular weight excluding hydrogens is 294 g/mol. The van der Waals surface area contributed by atoms with Crippen LogP contribution >= 0.6 is 11.8 Å². The first-order chi connectivity index (χ1) is 10.8. The van der Waals surface area contributed by atoms with Gasteiger partial charge < -0.3 is 10.1 Å². The zero-order valence-electron chi connectivity index (χ0n) is 12.1. The Labute approximate surface area is 133 Å². The van der Waals surface area contributed by atoms with Gasteiger partial charge in [0, 0.05) is 22.4 Å². The van der Waals surface area contributed by atoms with E-state index in [2.05, 4.69) is 29.2 Å². The molecule has 4 heteroatoms. The first-order valence-corrected chi connectivity index (χ1v) is 8.35.